The average Bonchev–Trinajstić information content (AvgIpc) is 2.70. The quantitative estimate of drug-likeness (QED) is 0.554. The van der Waals surface area contributed by atoms with Gasteiger partial charge in [0.2, 0.25) is 10.0 Å². The van der Waals surface area contributed by atoms with E-state index in [2.05, 4.69) is 4.72 Å². The highest BCUT2D eigenvalue weighted by atomic mass is 32.2. The van der Waals surface area contributed by atoms with E-state index < -0.39 is 22.0 Å². The Morgan fingerprint density at radius 1 is 1.13 bits per heavy atom. The van der Waals surface area contributed by atoms with Crippen molar-refractivity contribution in [3.63, 3.8) is 0 Å². The molecule has 0 bridgehead atoms. The summed E-state index contributed by atoms with van der Waals surface area (Å²) in [5, 5.41) is 0. The van der Waals surface area contributed by atoms with E-state index in [1.807, 2.05) is 37.3 Å². The number of carbonyl (C=O) groups excluding carboxylic acids is 1. The van der Waals surface area contributed by atoms with Gasteiger partial charge in [-0.1, -0.05) is 30.3 Å². The Labute approximate surface area is 183 Å². The minimum atomic E-state index is -3.95. The lowest BCUT2D eigenvalue weighted by Crippen LogP contribution is -2.44. The van der Waals surface area contributed by atoms with Crippen LogP contribution >= 0.6 is 11.8 Å². The van der Waals surface area contributed by atoms with Crippen molar-refractivity contribution in [3.05, 3.63) is 58.7 Å². The molecular weight excluding hydrogens is 422 g/mol. The van der Waals surface area contributed by atoms with Crippen molar-refractivity contribution in [1.82, 2.24) is 4.72 Å². The molecule has 0 aliphatic rings. The topological polar surface area (TPSA) is 81.7 Å². The number of nitrogens with one attached hydrogen (secondary N) is 1. The number of carbonyl (C=O) groups is 1. The van der Waals surface area contributed by atoms with E-state index >= 15 is 0 Å². The summed E-state index contributed by atoms with van der Waals surface area (Å²) >= 11 is 1.47. The molecule has 2 rings (SSSR count). The maximum absolute atomic E-state index is 13.2. The van der Waals surface area contributed by atoms with E-state index in [0.29, 0.717) is 22.6 Å². The van der Waals surface area contributed by atoms with Crippen LogP contribution < -0.4 is 9.46 Å². The Balaban J connectivity index is 2.25. The summed E-state index contributed by atoms with van der Waals surface area (Å²) in [5.74, 6) is 0.977. The van der Waals surface area contributed by atoms with Gasteiger partial charge in [-0.05, 0) is 56.0 Å². The van der Waals surface area contributed by atoms with Gasteiger partial charge in [-0.25, -0.2) is 8.42 Å². The molecule has 30 heavy (non-hydrogen) atoms. The molecular formula is C22H29NO5S2. The largest absolute Gasteiger partial charge is 0.496 e. The van der Waals surface area contributed by atoms with Gasteiger partial charge in [0.25, 0.3) is 0 Å². The first-order valence-electron chi connectivity index (χ1n) is 9.66. The van der Waals surface area contributed by atoms with Crippen molar-refractivity contribution in [1.29, 1.82) is 0 Å². The molecule has 0 spiro atoms. The van der Waals surface area contributed by atoms with Crippen molar-refractivity contribution in [2.24, 2.45) is 0 Å². The third-order valence-corrected chi connectivity index (χ3v) is 7.60. The number of benzene rings is 2. The number of methoxy groups -OCH3 is 1. The smallest absolute Gasteiger partial charge is 0.325 e. The maximum atomic E-state index is 13.2. The van der Waals surface area contributed by atoms with Crippen molar-refractivity contribution < 1.29 is 22.7 Å². The van der Waals surface area contributed by atoms with E-state index in [1.165, 1.54) is 11.8 Å². The summed E-state index contributed by atoms with van der Waals surface area (Å²) in [6, 6.07) is 10.5. The molecule has 0 saturated heterocycles. The lowest BCUT2D eigenvalue weighted by molar-refractivity contribution is -0.144. The van der Waals surface area contributed by atoms with Crippen LogP contribution in [0.3, 0.4) is 0 Å². The molecule has 0 aromatic heterocycles. The van der Waals surface area contributed by atoms with Crippen LogP contribution in [0.2, 0.25) is 0 Å². The van der Waals surface area contributed by atoms with Crippen LogP contribution in [0.4, 0.5) is 0 Å². The molecule has 0 aliphatic heterocycles. The fourth-order valence-electron chi connectivity index (χ4n) is 3.15. The van der Waals surface area contributed by atoms with Crippen molar-refractivity contribution in [2.45, 2.75) is 44.4 Å². The summed E-state index contributed by atoms with van der Waals surface area (Å²) in [4.78, 5) is 12.6. The molecule has 0 amide bonds. The molecule has 8 heteroatoms. The Kier molecular flexibility index (Phi) is 8.76. The summed E-state index contributed by atoms with van der Waals surface area (Å²) in [5.41, 5.74) is 3.00. The predicted octanol–water partition coefficient (Wildman–Crippen LogP) is 3.76. The van der Waals surface area contributed by atoms with Gasteiger partial charge >= 0.3 is 5.97 Å². The highest BCUT2D eigenvalue weighted by molar-refractivity contribution is 7.98. The molecule has 6 nitrogen and oxygen atoms in total. The second-order valence-electron chi connectivity index (χ2n) is 6.90. The van der Waals surface area contributed by atoms with Crippen LogP contribution in [-0.4, -0.2) is 39.9 Å². The highest BCUT2D eigenvalue weighted by Gasteiger charge is 2.30. The number of esters is 1. The summed E-state index contributed by atoms with van der Waals surface area (Å²) in [6.45, 7) is 7.14. The summed E-state index contributed by atoms with van der Waals surface area (Å²) in [7, 11) is -2.40. The Morgan fingerprint density at radius 3 is 2.40 bits per heavy atom. The highest BCUT2D eigenvalue weighted by Crippen LogP contribution is 2.30. The van der Waals surface area contributed by atoms with Crippen LogP contribution in [0.5, 0.6) is 5.75 Å². The molecule has 2 aromatic rings. The molecule has 2 aromatic carbocycles. The zero-order chi connectivity index (χ0) is 22.3. The van der Waals surface area contributed by atoms with Gasteiger partial charge in [0.1, 0.15) is 11.8 Å². The minimum Gasteiger partial charge on any atom is -0.496 e. The van der Waals surface area contributed by atoms with E-state index in [1.54, 1.807) is 33.9 Å². The Bertz CT molecular complexity index is 975. The Hall–Kier alpha value is -2.03. The van der Waals surface area contributed by atoms with Crippen LogP contribution in [0, 0.1) is 20.8 Å². The van der Waals surface area contributed by atoms with E-state index in [0.717, 1.165) is 11.1 Å². The van der Waals surface area contributed by atoms with Crippen molar-refractivity contribution >= 4 is 27.8 Å². The summed E-state index contributed by atoms with van der Waals surface area (Å²) < 4.78 is 39.4. The number of ether oxygens (including phenoxy) is 2. The van der Waals surface area contributed by atoms with Gasteiger partial charge in [-0.2, -0.15) is 16.5 Å². The second-order valence-corrected chi connectivity index (χ2v) is 9.58. The number of aryl methyl sites for hydroxylation is 1. The van der Waals surface area contributed by atoms with Crippen LogP contribution in [0.15, 0.2) is 41.3 Å². The van der Waals surface area contributed by atoms with Gasteiger partial charge in [0.15, 0.2) is 0 Å². The zero-order valence-corrected chi connectivity index (χ0v) is 19.7. The monoisotopic (exact) mass is 451 g/mol. The number of hydrogen-bond donors (Lipinski definition) is 1. The third-order valence-electron chi connectivity index (χ3n) is 4.73. The van der Waals surface area contributed by atoms with E-state index in [4.69, 9.17) is 9.47 Å². The third kappa shape index (κ3) is 6.00. The first-order chi connectivity index (χ1) is 14.2. The lowest BCUT2D eigenvalue weighted by Gasteiger charge is -2.20. The zero-order valence-electron chi connectivity index (χ0n) is 18.0. The fraction of sp³-hybridized carbons (Fsp3) is 0.409. The number of hydrogen-bond acceptors (Lipinski definition) is 6. The molecule has 1 unspecified atom stereocenters. The van der Waals surface area contributed by atoms with E-state index in [-0.39, 0.29) is 17.3 Å². The molecule has 0 fully saturated rings. The molecule has 0 saturated carbocycles. The lowest BCUT2D eigenvalue weighted by atomic mass is 10.1. The standard InChI is InChI=1S/C22H29NO5S2/c1-6-28-22(24)19(14-29-13-18-10-8-7-9-11-18)23-30(25,26)21-15(2)12-20(27-5)16(3)17(21)4/h7-12,19,23H,6,13-14H2,1-5H3. The van der Waals surface area contributed by atoms with Gasteiger partial charge in [0.05, 0.1) is 18.6 Å². The molecule has 0 radical (unpaired) electrons. The molecule has 0 aliphatic carbocycles. The Morgan fingerprint density at radius 2 is 1.80 bits per heavy atom. The SMILES string of the molecule is CCOC(=O)C(CSCc1ccccc1)NS(=O)(=O)c1c(C)cc(OC)c(C)c1C. The van der Waals surface area contributed by atoms with Crippen molar-refractivity contribution in [3.8, 4) is 5.75 Å². The summed E-state index contributed by atoms with van der Waals surface area (Å²) in [6.07, 6.45) is 0. The van der Waals surface area contributed by atoms with E-state index in [9.17, 15) is 13.2 Å². The van der Waals surface area contributed by atoms with Crippen LogP contribution in [-0.2, 0) is 25.3 Å². The predicted molar refractivity (Wildman–Crippen MR) is 121 cm³/mol. The van der Waals surface area contributed by atoms with Crippen LogP contribution in [0.25, 0.3) is 0 Å². The molecule has 0 heterocycles. The maximum Gasteiger partial charge on any atom is 0.325 e. The minimum absolute atomic E-state index is 0.170. The average molecular weight is 452 g/mol. The number of rotatable bonds is 10. The number of sulfonamides is 1. The first-order valence-corrected chi connectivity index (χ1v) is 12.3. The second kappa shape index (κ2) is 10.8. The first kappa shape index (κ1) is 24.2. The number of thioether (sulfide) groups is 1. The van der Waals surface area contributed by atoms with Crippen LogP contribution in [0.1, 0.15) is 29.2 Å². The normalized spacial score (nSPS) is 12.4. The fourth-order valence-corrected chi connectivity index (χ4v) is 5.97. The van der Waals surface area contributed by atoms with Gasteiger partial charge < -0.3 is 9.47 Å². The molecule has 1 N–H and O–H groups in total. The van der Waals surface area contributed by atoms with Gasteiger partial charge in [-0.3, -0.25) is 4.79 Å². The van der Waals surface area contributed by atoms with Gasteiger partial charge in [0, 0.05) is 11.5 Å². The molecule has 1 atom stereocenters. The molecule has 164 valence electrons. The van der Waals surface area contributed by atoms with Gasteiger partial charge in [-0.15, -0.1) is 0 Å². The van der Waals surface area contributed by atoms with Crippen molar-refractivity contribution in [2.75, 3.05) is 19.5 Å².